The largest absolute Gasteiger partial charge is 0.398 e. The predicted octanol–water partition coefficient (Wildman–Crippen LogP) is 1.85. The maximum atomic E-state index is 8.59. The molecule has 1 aromatic rings. The van der Waals surface area contributed by atoms with Crippen molar-refractivity contribution in [3.8, 4) is 0 Å². The molecule has 3 N–H and O–H groups in total. The van der Waals surface area contributed by atoms with E-state index in [9.17, 15) is 0 Å². The standard InChI is InChI=1S/C9H12ClNO/c10-8-4-3-7(2-1-5-12)6-9(8)11/h3-4,6,12H,1-2,5,11H2. The molecule has 2 nitrogen and oxygen atoms in total. The van der Waals surface area contributed by atoms with Gasteiger partial charge in [0.1, 0.15) is 0 Å². The number of benzene rings is 1. The average molecular weight is 186 g/mol. The highest BCUT2D eigenvalue weighted by atomic mass is 35.5. The Labute approximate surface area is 77.0 Å². The lowest BCUT2D eigenvalue weighted by molar-refractivity contribution is 0.288. The van der Waals surface area contributed by atoms with Gasteiger partial charge in [-0.25, -0.2) is 0 Å². The van der Waals surface area contributed by atoms with Crippen LogP contribution in [-0.2, 0) is 6.42 Å². The van der Waals surface area contributed by atoms with Gasteiger partial charge in [0.2, 0.25) is 0 Å². The smallest absolute Gasteiger partial charge is 0.0635 e. The zero-order valence-corrected chi connectivity index (χ0v) is 7.51. The number of hydrogen-bond acceptors (Lipinski definition) is 2. The number of halogens is 1. The maximum absolute atomic E-state index is 8.59. The maximum Gasteiger partial charge on any atom is 0.0635 e. The van der Waals surface area contributed by atoms with E-state index in [-0.39, 0.29) is 6.61 Å². The van der Waals surface area contributed by atoms with E-state index in [0.717, 1.165) is 18.4 Å². The first-order valence-electron chi connectivity index (χ1n) is 3.89. The van der Waals surface area contributed by atoms with E-state index in [0.29, 0.717) is 10.7 Å². The summed E-state index contributed by atoms with van der Waals surface area (Å²) in [7, 11) is 0. The normalized spacial score (nSPS) is 10.2. The fourth-order valence-corrected chi connectivity index (χ4v) is 1.15. The Balaban J connectivity index is 2.69. The second-order valence-electron chi connectivity index (χ2n) is 2.68. The highest BCUT2D eigenvalue weighted by Gasteiger charge is 1.97. The highest BCUT2D eigenvalue weighted by Crippen LogP contribution is 2.19. The molecule has 0 bridgehead atoms. The van der Waals surface area contributed by atoms with E-state index in [2.05, 4.69) is 0 Å². The molecular weight excluding hydrogens is 174 g/mol. The van der Waals surface area contributed by atoms with Crippen LogP contribution in [0.2, 0.25) is 5.02 Å². The summed E-state index contributed by atoms with van der Waals surface area (Å²) >= 11 is 5.74. The molecule has 0 unspecified atom stereocenters. The number of hydrogen-bond donors (Lipinski definition) is 2. The molecule has 0 saturated heterocycles. The SMILES string of the molecule is Nc1cc(CCCO)ccc1Cl. The van der Waals surface area contributed by atoms with Crippen LogP contribution in [0.3, 0.4) is 0 Å². The van der Waals surface area contributed by atoms with Crippen molar-refractivity contribution in [2.45, 2.75) is 12.8 Å². The van der Waals surface area contributed by atoms with E-state index in [1.807, 2.05) is 12.1 Å². The monoisotopic (exact) mass is 185 g/mol. The molecule has 0 atom stereocenters. The number of aryl methyl sites for hydroxylation is 1. The van der Waals surface area contributed by atoms with Crippen LogP contribution in [0.5, 0.6) is 0 Å². The molecule has 0 aliphatic heterocycles. The van der Waals surface area contributed by atoms with Crippen LogP contribution >= 0.6 is 11.6 Å². The Morgan fingerprint density at radius 2 is 2.17 bits per heavy atom. The lowest BCUT2D eigenvalue weighted by Gasteiger charge is -2.02. The van der Waals surface area contributed by atoms with Gasteiger partial charge in [-0.15, -0.1) is 0 Å². The minimum Gasteiger partial charge on any atom is -0.398 e. The van der Waals surface area contributed by atoms with Crippen LogP contribution in [0.1, 0.15) is 12.0 Å². The van der Waals surface area contributed by atoms with E-state index >= 15 is 0 Å². The molecule has 0 amide bonds. The summed E-state index contributed by atoms with van der Waals surface area (Å²) in [4.78, 5) is 0. The van der Waals surface area contributed by atoms with E-state index in [4.69, 9.17) is 22.4 Å². The van der Waals surface area contributed by atoms with Gasteiger partial charge in [-0.05, 0) is 30.5 Å². The lowest BCUT2D eigenvalue weighted by atomic mass is 10.1. The second kappa shape index (κ2) is 4.33. The number of rotatable bonds is 3. The summed E-state index contributed by atoms with van der Waals surface area (Å²) in [6.45, 7) is 0.211. The van der Waals surface area contributed by atoms with Gasteiger partial charge in [-0.3, -0.25) is 0 Å². The van der Waals surface area contributed by atoms with Crippen molar-refractivity contribution in [1.82, 2.24) is 0 Å². The van der Waals surface area contributed by atoms with Crippen LogP contribution < -0.4 is 5.73 Å². The topological polar surface area (TPSA) is 46.2 Å². The third-order valence-corrected chi connectivity index (χ3v) is 2.03. The highest BCUT2D eigenvalue weighted by molar-refractivity contribution is 6.33. The third-order valence-electron chi connectivity index (χ3n) is 1.68. The zero-order valence-electron chi connectivity index (χ0n) is 6.76. The summed E-state index contributed by atoms with van der Waals surface area (Å²) in [5.74, 6) is 0. The summed E-state index contributed by atoms with van der Waals surface area (Å²) in [6, 6.07) is 5.55. The summed E-state index contributed by atoms with van der Waals surface area (Å²) < 4.78 is 0. The second-order valence-corrected chi connectivity index (χ2v) is 3.09. The molecule has 66 valence electrons. The number of aliphatic hydroxyl groups is 1. The Kier molecular flexibility index (Phi) is 3.38. The van der Waals surface area contributed by atoms with Gasteiger partial charge in [0.25, 0.3) is 0 Å². The molecule has 0 heterocycles. The molecule has 1 rings (SSSR count). The van der Waals surface area contributed by atoms with Crippen LogP contribution in [0.25, 0.3) is 0 Å². The van der Waals surface area contributed by atoms with Crippen LogP contribution in [0, 0.1) is 0 Å². The molecule has 0 spiro atoms. The number of nitrogens with two attached hydrogens (primary N) is 1. The molecule has 0 aliphatic rings. The quantitative estimate of drug-likeness (QED) is 0.706. The van der Waals surface area contributed by atoms with Crippen molar-refractivity contribution >= 4 is 17.3 Å². The van der Waals surface area contributed by atoms with Gasteiger partial charge in [0.05, 0.1) is 10.7 Å². The Hall–Kier alpha value is -0.730. The molecule has 0 fully saturated rings. The molecular formula is C9H12ClNO. The predicted molar refractivity (Wildman–Crippen MR) is 51.3 cm³/mol. The van der Waals surface area contributed by atoms with Gasteiger partial charge in [-0.2, -0.15) is 0 Å². The molecule has 1 aromatic carbocycles. The Bertz CT molecular complexity index is 263. The van der Waals surface area contributed by atoms with Crippen LogP contribution in [0.4, 0.5) is 5.69 Å². The molecule has 12 heavy (non-hydrogen) atoms. The van der Waals surface area contributed by atoms with E-state index in [1.54, 1.807) is 6.07 Å². The Morgan fingerprint density at radius 1 is 1.42 bits per heavy atom. The average Bonchev–Trinajstić information content (AvgIpc) is 2.07. The molecule has 0 radical (unpaired) electrons. The number of nitrogen functional groups attached to an aromatic ring is 1. The van der Waals surface area contributed by atoms with Crippen molar-refractivity contribution in [2.24, 2.45) is 0 Å². The van der Waals surface area contributed by atoms with Crippen molar-refractivity contribution in [3.63, 3.8) is 0 Å². The summed E-state index contributed by atoms with van der Waals surface area (Å²) in [5, 5.41) is 9.18. The number of aliphatic hydroxyl groups excluding tert-OH is 1. The van der Waals surface area contributed by atoms with E-state index in [1.165, 1.54) is 0 Å². The van der Waals surface area contributed by atoms with Gasteiger partial charge in [0.15, 0.2) is 0 Å². The van der Waals surface area contributed by atoms with Gasteiger partial charge >= 0.3 is 0 Å². The molecule has 0 aromatic heterocycles. The van der Waals surface area contributed by atoms with Crippen molar-refractivity contribution in [3.05, 3.63) is 28.8 Å². The van der Waals surface area contributed by atoms with Crippen molar-refractivity contribution in [2.75, 3.05) is 12.3 Å². The van der Waals surface area contributed by atoms with Gasteiger partial charge in [0, 0.05) is 6.61 Å². The molecule has 0 aliphatic carbocycles. The fraction of sp³-hybridized carbons (Fsp3) is 0.333. The Morgan fingerprint density at radius 3 is 2.75 bits per heavy atom. The minimum absolute atomic E-state index is 0.211. The number of anilines is 1. The zero-order chi connectivity index (χ0) is 8.97. The third kappa shape index (κ3) is 2.40. The van der Waals surface area contributed by atoms with Gasteiger partial charge < -0.3 is 10.8 Å². The molecule has 3 heteroatoms. The first-order chi connectivity index (χ1) is 5.74. The molecule has 0 saturated carbocycles. The van der Waals surface area contributed by atoms with Gasteiger partial charge in [-0.1, -0.05) is 17.7 Å². The van der Waals surface area contributed by atoms with E-state index < -0.39 is 0 Å². The lowest BCUT2D eigenvalue weighted by Crippen LogP contribution is -1.92. The van der Waals surface area contributed by atoms with Crippen molar-refractivity contribution in [1.29, 1.82) is 0 Å². The fourth-order valence-electron chi connectivity index (χ4n) is 1.03. The minimum atomic E-state index is 0.211. The first-order valence-corrected chi connectivity index (χ1v) is 4.26. The van der Waals surface area contributed by atoms with Crippen molar-refractivity contribution < 1.29 is 5.11 Å². The summed E-state index contributed by atoms with van der Waals surface area (Å²) in [6.07, 6.45) is 1.61. The summed E-state index contributed by atoms with van der Waals surface area (Å²) in [5.41, 5.74) is 7.32. The van der Waals surface area contributed by atoms with Crippen LogP contribution in [0.15, 0.2) is 18.2 Å². The first kappa shape index (κ1) is 9.36. The van der Waals surface area contributed by atoms with Crippen LogP contribution in [-0.4, -0.2) is 11.7 Å².